The van der Waals surface area contributed by atoms with Crippen LogP contribution >= 0.6 is 0 Å². The molecule has 3 aromatic heterocycles. The molecule has 3 heterocycles. The molecule has 0 saturated heterocycles. The van der Waals surface area contributed by atoms with Gasteiger partial charge in [-0.05, 0) is 44.5 Å². The summed E-state index contributed by atoms with van der Waals surface area (Å²) in [5.41, 5.74) is 7.35. The van der Waals surface area contributed by atoms with Gasteiger partial charge in [0.2, 0.25) is 0 Å². The maximum Gasteiger partial charge on any atom is 0.180 e. The van der Waals surface area contributed by atoms with Crippen LogP contribution in [0.15, 0.2) is 218 Å². The van der Waals surface area contributed by atoms with Crippen molar-refractivity contribution in [3.63, 3.8) is 0 Å². The van der Waals surface area contributed by atoms with E-state index in [0.29, 0.717) is 17.5 Å². The summed E-state index contributed by atoms with van der Waals surface area (Å²) < 4.78 is 2.30. The first-order valence-corrected chi connectivity index (χ1v) is 21.0. The number of rotatable bonds is 8. The molecule has 0 bridgehead atoms. The molecule has 0 radical (unpaired) electrons. The summed E-state index contributed by atoms with van der Waals surface area (Å²) in [6.45, 7) is 0. The van der Waals surface area contributed by atoms with Crippen molar-refractivity contribution in [3.8, 4) is 45.4 Å². The fourth-order valence-corrected chi connectivity index (χ4v) is 13.1. The monoisotopic (exact) mass is 732 g/mol. The van der Waals surface area contributed by atoms with Crippen LogP contribution < -0.4 is 20.7 Å². The molecule has 0 aliphatic rings. The Morgan fingerprint density at radius 2 is 0.714 bits per heavy atom. The molecular weight excluding hydrogens is 697 g/mol. The number of aromatic nitrogens is 4. The van der Waals surface area contributed by atoms with Crippen molar-refractivity contribution in [2.24, 2.45) is 0 Å². The highest BCUT2D eigenvalue weighted by atomic mass is 28.3. The third-order valence-corrected chi connectivity index (χ3v) is 15.6. The van der Waals surface area contributed by atoms with Crippen molar-refractivity contribution >= 4 is 45.2 Å². The van der Waals surface area contributed by atoms with Crippen LogP contribution in [-0.2, 0) is 0 Å². The van der Waals surface area contributed by atoms with Crippen molar-refractivity contribution in [1.29, 1.82) is 0 Å². The minimum atomic E-state index is -2.69. The zero-order chi connectivity index (χ0) is 37.3. The molecule has 0 aliphatic carbocycles. The van der Waals surface area contributed by atoms with E-state index in [-0.39, 0.29) is 0 Å². The number of hydrogen-bond donors (Lipinski definition) is 0. The summed E-state index contributed by atoms with van der Waals surface area (Å²) in [5, 5.41) is 6.48. The van der Waals surface area contributed by atoms with Gasteiger partial charge in [-0.1, -0.05) is 200 Å². The normalized spacial score (nSPS) is 11.6. The Morgan fingerprint density at radius 1 is 0.304 bits per heavy atom. The number of pyridine rings is 1. The predicted molar refractivity (Wildman–Crippen MR) is 234 cm³/mol. The van der Waals surface area contributed by atoms with E-state index in [1.165, 1.54) is 37.3 Å². The first-order chi connectivity index (χ1) is 27.8. The standard InChI is InChI=1S/C51H36N4Si/c1-6-19-37(20-7-1)48-44-29-16-17-30-45(44)55-46(48)31-18-32-47(55)51-53-49(38-21-8-2-9-22-38)52-50(54-51)39-33-35-43(36-34-39)56(40-23-10-3-11-24-40,41-25-12-4-13-26-41)42-27-14-5-15-28-42/h1-36H. The van der Waals surface area contributed by atoms with Gasteiger partial charge >= 0.3 is 0 Å². The van der Waals surface area contributed by atoms with Gasteiger partial charge in [0.15, 0.2) is 25.5 Å². The Hall–Kier alpha value is -7.21. The second-order valence-electron chi connectivity index (χ2n) is 14.0. The van der Waals surface area contributed by atoms with E-state index in [2.05, 4.69) is 205 Å². The first-order valence-electron chi connectivity index (χ1n) is 19.0. The number of fused-ring (bicyclic) bond motifs is 3. The Morgan fingerprint density at radius 3 is 1.27 bits per heavy atom. The zero-order valence-corrected chi connectivity index (χ0v) is 31.6. The van der Waals surface area contributed by atoms with Gasteiger partial charge in [-0.3, -0.25) is 0 Å². The smallest absolute Gasteiger partial charge is 0.180 e. The van der Waals surface area contributed by atoms with Crippen LogP contribution in [0.1, 0.15) is 0 Å². The summed E-state index contributed by atoms with van der Waals surface area (Å²) in [6.07, 6.45) is 0. The molecule has 10 rings (SSSR count). The van der Waals surface area contributed by atoms with Gasteiger partial charge in [0.05, 0.1) is 16.7 Å². The number of para-hydroxylation sites is 1. The molecule has 0 fully saturated rings. The topological polar surface area (TPSA) is 43.1 Å². The lowest BCUT2D eigenvalue weighted by Crippen LogP contribution is -2.74. The second kappa shape index (κ2) is 14.2. The maximum absolute atomic E-state index is 5.27. The molecule has 0 atom stereocenters. The molecule has 0 spiro atoms. The Balaban J connectivity index is 1.18. The SMILES string of the molecule is c1ccc(-c2nc(-c3ccc([Si](c4ccccc4)(c4ccccc4)c4ccccc4)cc3)nc(-c3cccc4c(-c5ccccc5)c5ccccc5n34)n2)cc1. The fraction of sp³-hybridized carbons (Fsp3) is 0. The highest BCUT2D eigenvalue weighted by molar-refractivity contribution is 7.19. The first kappa shape index (κ1) is 33.4. The molecule has 0 N–H and O–H groups in total. The molecule has 4 nitrogen and oxygen atoms in total. The van der Waals surface area contributed by atoms with Crippen molar-refractivity contribution in [3.05, 3.63) is 218 Å². The molecular formula is C51H36N4Si. The van der Waals surface area contributed by atoms with E-state index in [0.717, 1.165) is 27.9 Å². The number of hydrogen-bond acceptors (Lipinski definition) is 3. The third-order valence-electron chi connectivity index (χ3n) is 10.8. The van der Waals surface area contributed by atoms with Crippen LogP contribution in [0.25, 0.3) is 61.8 Å². The van der Waals surface area contributed by atoms with Gasteiger partial charge in [0.25, 0.3) is 0 Å². The average Bonchev–Trinajstić information content (AvgIpc) is 3.63. The lowest BCUT2D eigenvalue weighted by molar-refractivity contribution is 1.05. The highest BCUT2D eigenvalue weighted by Gasteiger charge is 2.41. The largest absolute Gasteiger partial charge is 0.306 e. The summed E-state index contributed by atoms with van der Waals surface area (Å²) >= 11 is 0. The lowest BCUT2D eigenvalue weighted by Gasteiger charge is -2.34. The molecule has 0 aliphatic heterocycles. The minimum absolute atomic E-state index is 0.616. The lowest BCUT2D eigenvalue weighted by atomic mass is 10.0. The van der Waals surface area contributed by atoms with Gasteiger partial charge in [-0.15, -0.1) is 0 Å². The molecule has 7 aromatic carbocycles. The van der Waals surface area contributed by atoms with E-state index >= 15 is 0 Å². The minimum Gasteiger partial charge on any atom is -0.306 e. The van der Waals surface area contributed by atoms with Crippen LogP contribution in [-0.4, -0.2) is 27.4 Å². The number of benzene rings is 7. The van der Waals surface area contributed by atoms with Gasteiger partial charge in [-0.25, -0.2) is 15.0 Å². The van der Waals surface area contributed by atoms with Crippen LogP contribution in [0.2, 0.25) is 0 Å². The van der Waals surface area contributed by atoms with E-state index in [1.807, 2.05) is 18.2 Å². The van der Waals surface area contributed by atoms with Crippen LogP contribution in [0, 0.1) is 0 Å². The Labute approximate surface area is 327 Å². The zero-order valence-electron chi connectivity index (χ0n) is 30.6. The van der Waals surface area contributed by atoms with Crippen LogP contribution in [0.5, 0.6) is 0 Å². The average molecular weight is 733 g/mol. The Bertz CT molecular complexity index is 2830. The second-order valence-corrected chi connectivity index (χ2v) is 17.8. The molecule has 5 heteroatoms. The molecule has 0 amide bonds. The summed E-state index contributed by atoms with van der Waals surface area (Å²) in [7, 11) is -2.69. The van der Waals surface area contributed by atoms with E-state index < -0.39 is 8.07 Å². The van der Waals surface area contributed by atoms with Gasteiger partial charge in [0, 0.05) is 22.1 Å². The van der Waals surface area contributed by atoms with Gasteiger partial charge in [0.1, 0.15) is 0 Å². The summed E-state index contributed by atoms with van der Waals surface area (Å²) in [4.78, 5) is 15.6. The molecule has 56 heavy (non-hydrogen) atoms. The van der Waals surface area contributed by atoms with E-state index in [1.54, 1.807) is 0 Å². The molecule has 10 aromatic rings. The molecule has 0 saturated carbocycles. The van der Waals surface area contributed by atoms with Crippen LogP contribution in [0.3, 0.4) is 0 Å². The highest BCUT2D eigenvalue weighted by Crippen LogP contribution is 2.38. The molecule has 0 unspecified atom stereocenters. The van der Waals surface area contributed by atoms with Crippen molar-refractivity contribution in [2.75, 3.05) is 0 Å². The van der Waals surface area contributed by atoms with Crippen molar-refractivity contribution < 1.29 is 0 Å². The Kier molecular flexibility index (Phi) is 8.47. The van der Waals surface area contributed by atoms with E-state index in [4.69, 9.17) is 15.0 Å². The molecule has 264 valence electrons. The van der Waals surface area contributed by atoms with Gasteiger partial charge < -0.3 is 4.40 Å². The summed E-state index contributed by atoms with van der Waals surface area (Å²) in [5.74, 6) is 1.88. The van der Waals surface area contributed by atoms with E-state index in [9.17, 15) is 0 Å². The third kappa shape index (κ3) is 5.65. The number of nitrogens with zero attached hydrogens (tertiary/aromatic N) is 4. The maximum atomic E-state index is 5.27. The predicted octanol–water partition coefficient (Wildman–Crippen LogP) is 9.32. The van der Waals surface area contributed by atoms with Gasteiger partial charge in [-0.2, -0.15) is 0 Å². The van der Waals surface area contributed by atoms with Crippen LogP contribution in [0.4, 0.5) is 0 Å². The summed E-state index contributed by atoms with van der Waals surface area (Å²) in [6, 6.07) is 77.8. The van der Waals surface area contributed by atoms with Crippen molar-refractivity contribution in [1.82, 2.24) is 19.4 Å². The van der Waals surface area contributed by atoms with Crippen molar-refractivity contribution in [2.45, 2.75) is 0 Å². The quantitative estimate of drug-likeness (QED) is 0.116. The fourth-order valence-electron chi connectivity index (χ4n) is 8.33.